The van der Waals surface area contributed by atoms with Crippen molar-refractivity contribution in [2.24, 2.45) is 16.9 Å². The summed E-state index contributed by atoms with van der Waals surface area (Å²) in [7, 11) is 0. The lowest BCUT2D eigenvalue weighted by Crippen LogP contribution is -2.41. The fourth-order valence-electron chi connectivity index (χ4n) is 2.04. The van der Waals surface area contributed by atoms with Gasteiger partial charge in [0, 0.05) is 22.6 Å². The Kier molecular flexibility index (Phi) is 3.71. The molecule has 0 fully saturated rings. The second kappa shape index (κ2) is 5.11. The van der Waals surface area contributed by atoms with Crippen LogP contribution in [-0.4, -0.2) is 16.6 Å². The molecule has 1 aliphatic rings. The minimum absolute atomic E-state index is 0.0232. The highest BCUT2D eigenvalue weighted by Crippen LogP contribution is 2.25. The number of hydrogen-bond donors (Lipinski definition) is 0. The lowest BCUT2D eigenvalue weighted by atomic mass is 9.90. The molecular weight excluding hydrogens is 248 g/mol. The maximum atomic E-state index is 12.2. The quantitative estimate of drug-likeness (QED) is 0.806. The van der Waals surface area contributed by atoms with Gasteiger partial charge < -0.3 is 0 Å². The van der Waals surface area contributed by atoms with E-state index in [9.17, 15) is 4.79 Å². The van der Waals surface area contributed by atoms with Crippen molar-refractivity contribution in [1.29, 1.82) is 0 Å². The lowest BCUT2D eigenvalue weighted by Gasteiger charge is -2.31. The van der Waals surface area contributed by atoms with Crippen LogP contribution in [0, 0.1) is 11.8 Å². The molecule has 0 N–H and O–H groups in total. The number of amides is 1. The number of hydrazone groups is 1. The fraction of sp³-hybridized carbons (Fsp3) is 0.429. The Balaban J connectivity index is 2.24. The maximum Gasteiger partial charge on any atom is 0.246 e. The van der Waals surface area contributed by atoms with Gasteiger partial charge in [0.2, 0.25) is 5.91 Å². The minimum Gasteiger partial charge on any atom is -0.273 e. The van der Waals surface area contributed by atoms with Gasteiger partial charge in [-0.2, -0.15) is 5.10 Å². The van der Waals surface area contributed by atoms with E-state index < -0.39 is 0 Å². The third-order valence-electron chi connectivity index (χ3n) is 3.61. The molecule has 2 atom stereocenters. The van der Waals surface area contributed by atoms with Crippen LogP contribution < -0.4 is 0 Å². The number of carbonyl (C=O) groups is 1. The summed E-state index contributed by atoms with van der Waals surface area (Å²) >= 11 is 6.11. The first kappa shape index (κ1) is 13.1. The summed E-state index contributed by atoms with van der Waals surface area (Å²) < 4.78 is 0. The van der Waals surface area contributed by atoms with E-state index in [0.29, 0.717) is 11.6 Å². The van der Waals surface area contributed by atoms with Crippen molar-refractivity contribution in [2.45, 2.75) is 27.3 Å². The number of rotatable bonds is 2. The average Bonchev–Trinajstić information content (AvgIpc) is 2.36. The number of hydrogen-bond acceptors (Lipinski definition) is 2. The van der Waals surface area contributed by atoms with Gasteiger partial charge in [0.05, 0.1) is 6.54 Å². The Bertz CT molecular complexity index is 498. The van der Waals surface area contributed by atoms with E-state index in [1.165, 1.54) is 5.01 Å². The van der Waals surface area contributed by atoms with E-state index >= 15 is 0 Å². The van der Waals surface area contributed by atoms with E-state index in [1.807, 2.05) is 45.0 Å². The molecule has 1 aliphatic heterocycles. The van der Waals surface area contributed by atoms with Gasteiger partial charge in [0.15, 0.2) is 0 Å². The van der Waals surface area contributed by atoms with Gasteiger partial charge in [-0.05, 0) is 18.6 Å². The number of halogens is 1. The van der Waals surface area contributed by atoms with Crippen LogP contribution in [0.1, 0.15) is 26.3 Å². The van der Waals surface area contributed by atoms with Crippen molar-refractivity contribution in [3.05, 3.63) is 34.9 Å². The van der Waals surface area contributed by atoms with Crippen LogP contribution >= 0.6 is 11.6 Å². The fourth-order valence-corrected chi connectivity index (χ4v) is 2.24. The molecule has 96 valence electrons. The Morgan fingerprint density at radius 3 is 2.61 bits per heavy atom. The molecule has 2 rings (SSSR count). The molecule has 1 amide bonds. The maximum absolute atomic E-state index is 12.2. The Hall–Kier alpha value is -1.35. The zero-order valence-electron chi connectivity index (χ0n) is 10.9. The molecule has 0 aromatic heterocycles. The zero-order chi connectivity index (χ0) is 13.3. The zero-order valence-corrected chi connectivity index (χ0v) is 11.6. The van der Waals surface area contributed by atoms with Crippen molar-refractivity contribution >= 4 is 23.2 Å². The standard InChI is InChI=1S/C14H17ClN2O/c1-9-10(2)14(18)17(16-11(9)3)8-12-6-4-5-7-13(12)15/h4-7,9-10H,8H2,1-3H3. The predicted octanol–water partition coefficient (Wildman–Crippen LogP) is 3.33. The highest BCUT2D eigenvalue weighted by Gasteiger charge is 2.31. The molecule has 0 spiro atoms. The lowest BCUT2D eigenvalue weighted by molar-refractivity contribution is -0.137. The molecule has 1 aromatic carbocycles. The molecule has 1 aromatic rings. The number of nitrogens with zero attached hydrogens (tertiary/aromatic N) is 2. The molecule has 0 bridgehead atoms. The van der Waals surface area contributed by atoms with E-state index in [4.69, 9.17) is 11.6 Å². The summed E-state index contributed by atoms with van der Waals surface area (Å²) in [6, 6.07) is 7.54. The molecule has 3 nitrogen and oxygen atoms in total. The molecule has 0 saturated carbocycles. The average molecular weight is 265 g/mol. The molecule has 1 heterocycles. The van der Waals surface area contributed by atoms with Crippen molar-refractivity contribution in [1.82, 2.24) is 5.01 Å². The largest absolute Gasteiger partial charge is 0.273 e. The minimum atomic E-state index is -0.0232. The number of carbonyl (C=O) groups excluding carboxylic acids is 1. The van der Waals surface area contributed by atoms with Crippen LogP contribution in [0.2, 0.25) is 5.02 Å². The molecule has 0 radical (unpaired) electrons. The molecule has 2 unspecified atom stereocenters. The van der Waals surface area contributed by atoms with Crippen LogP contribution in [0.3, 0.4) is 0 Å². The van der Waals surface area contributed by atoms with Gasteiger partial charge in [0.25, 0.3) is 0 Å². The van der Waals surface area contributed by atoms with E-state index in [0.717, 1.165) is 11.3 Å². The second-order valence-corrected chi connectivity index (χ2v) is 5.21. The second-order valence-electron chi connectivity index (χ2n) is 4.81. The third kappa shape index (κ3) is 2.41. The van der Waals surface area contributed by atoms with E-state index in [-0.39, 0.29) is 17.7 Å². The molecule has 0 aliphatic carbocycles. The number of benzene rings is 1. The van der Waals surface area contributed by atoms with Gasteiger partial charge in [-0.1, -0.05) is 43.6 Å². The highest BCUT2D eigenvalue weighted by molar-refractivity contribution is 6.31. The van der Waals surface area contributed by atoms with Gasteiger partial charge in [-0.3, -0.25) is 4.79 Å². The monoisotopic (exact) mass is 264 g/mol. The third-order valence-corrected chi connectivity index (χ3v) is 3.98. The topological polar surface area (TPSA) is 32.7 Å². The SMILES string of the molecule is CC1=NN(Cc2ccccc2Cl)C(=O)C(C)C1C. The summed E-state index contributed by atoms with van der Waals surface area (Å²) in [5, 5.41) is 6.57. The Morgan fingerprint density at radius 2 is 1.94 bits per heavy atom. The summed E-state index contributed by atoms with van der Waals surface area (Å²) in [5.74, 6) is 0.248. The Labute approximate surface area is 112 Å². The van der Waals surface area contributed by atoms with Crippen molar-refractivity contribution < 1.29 is 4.79 Å². The van der Waals surface area contributed by atoms with Gasteiger partial charge in [0.1, 0.15) is 0 Å². The summed E-state index contributed by atoms with van der Waals surface area (Å²) in [4.78, 5) is 12.2. The van der Waals surface area contributed by atoms with Crippen LogP contribution in [-0.2, 0) is 11.3 Å². The predicted molar refractivity (Wildman–Crippen MR) is 73.4 cm³/mol. The van der Waals surface area contributed by atoms with Crippen molar-refractivity contribution in [3.8, 4) is 0 Å². The van der Waals surface area contributed by atoms with E-state index in [1.54, 1.807) is 0 Å². The first-order valence-corrected chi connectivity index (χ1v) is 6.48. The normalized spacial score (nSPS) is 24.1. The first-order chi connectivity index (χ1) is 8.50. The molecule has 4 heteroatoms. The summed E-state index contributed by atoms with van der Waals surface area (Å²) in [6.07, 6.45) is 0. The van der Waals surface area contributed by atoms with Crippen molar-refractivity contribution in [2.75, 3.05) is 0 Å². The Morgan fingerprint density at radius 1 is 1.28 bits per heavy atom. The molecule has 0 saturated heterocycles. The molecule has 18 heavy (non-hydrogen) atoms. The van der Waals surface area contributed by atoms with Gasteiger partial charge in [-0.15, -0.1) is 0 Å². The van der Waals surface area contributed by atoms with Gasteiger partial charge >= 0.3 is 0 Å². The summed E-state index contributed by atoms with van der Waals surface area (Å²) in [6.45, 7) is 6.39. The van der Waals surface area contributed by atoms with Crippen LogP contribution in [0.15, 0.2) is 29.4 Å². The van der Waals surface area contributed by atoms with Crippen molar-refractivity contribution in [3.63, 3.8) is 0 Å². The molecular formula is C14H17ClN2O. The smallest absolute Gasteiger partial charge is 0.246 e. The van der Waals surface area contributed by atoms with Gasteiger partial charge in [-0.25, -0.2) is 5.01 Å². The van der Waals surface area contributed by atoms with Crippen LogP contribution in [0.5, 0.6) is 0 Å². The highest BCUT2D eigenvalue weighted by atomic mass is 35.5. The first-order valence-electron chi connectivity index (χ1n) is 6.10. The van der Waals surface area contributed by atoms with E-state index in [2.05, 4.69) is 5.10 Å². The van der Waals surface area contributed by atoms with Crippen LogP contribution in [0.25, 0.3) is 0 Å². The summed E-state index contributed by atoms with van der Waals surface area (Å²) in [5.41, 5.74) is 1.92. The van der Waals surface area contributed by atoms with Crippen LogP contribution in [0.4, 0.5) is 0 Å².